The molecule has 0 radical (unpaired) electrons. The zero-order valence-corrected chi connectivity index (χ0v) is 24.1. The van der Waals surface area contributed by atoms with Crippen molar-refractivity contribution in [2.45, 2.75) is 19.3 Å². The van der Waals surface area contributed by atoms with E-state index in [9.17, 15) is 0 Å². The lowest BCUT2D eigenvalue weighted by Crippen LogP contribution is -2.15. The fraction of sp³-hybridized carbons (Fsp3) is 0.0857. The Labute approximate surface area is 246 Å². The van der Waals surface area contributed by atoms with Gasteiger partial charge in [-0.15, -0.1) is 22.7 Å². The summed E-state index contributed by atoms with van der Waals surface area (Å²) >= 11 is 3.22. The van der Waals surface area contributed by atoms with E-state index in [4.69, 9.17) is 9.97 Å². The van der Waals surface area contributed by atoms with Gasteiger partial charge in [-0.3, -0.25) is 9.97 Å². The summed E-state index contributed by atoms with van der Waals surface area (Å²) in [5.41, 5.74) is 14.9. The van der Waals surface area contributed by atoms with Crippen molar-refractivity contribution >= 4 is 33.4 Å². The minimum absolute atomic E-state index is 0.190. The summed E-state index contributed by atoms with van der Waals surface area (Å²) in [5, 5.41) is 2.47. The van der Waals surface area contributed by atoms with E-state index >= 15 is 0 Å². The van der Waals surface area contributed by atoms with E-state index in [1.165, 1.54) is 33.0 Å². The number of thiazole rings is 2. The Kier molecular flexibility index (Phi) is 5.49. The second-order valence-corrected chi connectivity index (χ2v) is 12.6. The standard InChI is InChI=1S/C35H24N4S2/c1-35(2)26-15-21(28-9-5-11-30(38-28)32-17-36-19-40-32)13-14-24(26)34-23-8-4-3-7-22(23)25(16-27(34)35)29-10-6-12-31(39-29)33-18-37-20-41-33/h3-20H,1-2H3. The van der Waals surface area contributed by atoms with Crippen LogP contribution in [0.2, 0.25) is 0 Å². The molecule has 4 nitrogen and oxygen atoms in total. The molecule has 0 amide bonds. The number of fused-ring (bicyclic) bond motifs is 5. The quantitative estimate of drug-likeness (QED) is 0.214. The molecule has 0 spiro atoms. The Morgan fingerprint density at radius 3 is 1.88 bits per heavy atom. The molecule has 0 saturated carbocycles. The molecule has 1 aliphatic carbocycles. The van der Waals surface area contributed by atoms with Gasteiger partial charge < -0.3 is 0 Å². The molecule has 0 N–H and O–H groups in total. The van der Waals surface area contributed by atoms with Gasteiger partial charge in [0.2, 0.25) is 0 Å². The van der Waals surface area contributed by atoms with Crippen LogP contribution < -0.4 is 0 Å². The number of hydrogen-bond acceptors (Lipinski definition) is 6. The highest BCUT2D eigenvalue weighted by molar-refractivity contribution is 7.13. The Hall–Kier alpha value is -4.52. The van der Waals surface area contributed by atoms with Gasteiger partial charge in [-0.1, -0.05) is 62.4 Å². The summed E-state index contributed by atoms with van der Waals surface area (Å²) in [7, 11) is 0. The minimum Gasteiger partial charge on any atom is -0.252 e. The maximum atomic E-state index is 5.10. The second-order valence-electron chi connectivity index (χ2n) is 10.8. The molecule has 0 fully saturated rings. The first kappa shape index (κ1) is 24.3. The van der Waals surface area contributed by atoms with E-state index in [2.05, 4.69) is 109 Å². The largest absolute Gasteiger partial charge is 0.252 e. The topological polar surface area (TPSA) is 51.6 Å². The van der Waals surface area contributed by atoms with Gasteiger partial charge in [-0.25, -0.2) is 9.97 Å². The normalized spacial score (nSPS) is 13.3. The third kappa shape index (κ3) is 3.86. The first-order valence-corrected chi connectivity index (χ1v) is 15.3. The van der Waals surface area contributed by atoms with Crippen molar-refractivity contribution in [1.29, 1.82) is 0 Å². The molecule has 0 unspecified atom stereocenters. The van der Waals surface area contributed by atoms with Crippen LogP contribution in [0, 0.1) is 0 Å². The molecular formula is C35H24N4S2. The molecule has 1 aliphatic rings. The van der Waals surface area contributed by atoms with Crippen molar-refractivity contribution in [1.82, 2.24) is 19.9 Å². The van der Waals surface area contributed by atoms with Crippen LogP contribution in [-0.2, 0) is 5.41 Å². The molecule has 8 rings (SSSR count). The Bertz CT molecular complexity index is 2080. The Morgan fingerprint density at radius 2 is 1.20 bits per heavy atom. The van der Waals surface area contributed by atoms with E-state index in [-0.39, 0.29) is 5.41 Å². The number of pyridine rings is 2. The molecule has 0 bridgehead atoms. The zero-order chi connectivity index (χ0) is 27.6. The predicted molar refractivity (Wildman–Crippen MR) is 170 cm³/mol. The lowest BCUT2D eigenvalue weighted by molar-refractivity contribution is 0.661. The van der Waals surface area contributed by atoms with Gasteiger partial charge in [0.25, 0.3) is 0 Å². The van der Waals surface area contributed by atoms with Crippen LogP contribution in [0.3, 0.4) is 0 Å². The second kappa shape index (κ2) is 9.26. The number of nitrogens with zero attached hydrogens (tertiary/aromatic N) is 4. The van der Waals surface area contributed by atoms with Gasteiger partial charge in [0.15, 0.2) is 0 Å². The lowest BCUT2D eigenvalue weighted by Gasteiger charge is -2.23. The van der Waals surface area contributed by atoms with Gasteiger partial charge in [0.1, 0.15) is 0 Å². The average molecular weight is 565 g/mol. The molecule has 4 heterocycles. The van der Waals surface area contributed by atoms with Crippen LogP contribution in [0.15, 0.2) is 108 Å². The highest BCUT2D eigenvalue weighted by Gasteiger charge is 2.37. The molecular weight excluding hydrogens is 541 g/mol. The molecule has 3 aromatic carbocycles. The Balaban J connectivity index is 1.30. The van der Waals surface area contributed by atoms with E-state index in [1.807, 2.05) is 23.4 Å². The molecule has 4 aromatic heterocycles. The molecule has 196 valence electrons. The van der Waals surface area contributed by atoms with Crippen molar-refractivity contribution in [2.75, 3.05) is 0 Å². The maximum absolute atomic E-state index is 5.10. The number of rotatable bonds is 4. The summed E-state index contributed by atoms with van der Waals surface area (Å²) in [4.78, 5) is 20.7. The smallest absolute Gasteiger partial charge is 0.0825 e. The third-order valence-electron chi connectivity index (χ3n) is 8.12. The SMILES string of the molecule is CC1(C)c2cc(-c3cccc(-c4cncs4)n3)ccc2-c2c1cc(-c1cccc(-c3cncs3)n1)c1ccccc21. The van der Waals surface area contributed by atoms with Crippen LogP contribution in [0.25, 0.3) is 65.6 Å². The first-order chi connectivity index (χ1) is 20.1. The molecule has 0 saturated heterocycles. The van der Waals surface area contributed by atoms with E-state index in [0.29, 0.717) is 0 Å². The van der Waals surface area contributed by atoms with E-state index in [0.717, 1.165) is 43.7 Å². The van der Waals surface area contributed by atoms with Gasteiger partial charge >= 0.3 is 0 Å². The van der Waals surface area contributed by atoms with Crippen molar-refractivity contribution < 1.29 is 0 Å². The van der Waals surface area contributed by atoms with Crippen molar-refractivity contribution in [3.8, 4) is 54.8 Å². The number of benzene rings is 3. The summed E-state index contributed by atoms with van der Waals surface area (Å²) in [5.74, 6) is 0. The predicted octanol–water partition coefficient (Wildman–Crippen LogP) is 9.52. The summed E-state index contributed by atoms with van der Waals surface area (Å²) in [6.07, 6.45) is 3.76. The summed E-state index contributed by atoms with van der Waals surface area (Å²) < 4.78 is 0. The zero-order valence-electron chi connectivity index (χ0n) is 22.5. The van der Waals surface area contributed by atoms with E-state index < -0.39 is 0 Å². The monoisotopic (exact) mass is 564 g/mol. The fourth-order valence-corrected chi connectivity index (χ4v) is 7.28. The van der Waals surface area contributed by atoms with Gasteiger partial charge in [-0.2, -0.15) is 0 Å². The highest BCUT2D eigenvalue weighted by Crippen LogP contribution is 2.53. The number of hydrogen-bond donors (Lipinski definition) is 0. The highest BCUT2D eigenvalue weighted by atomic mass is 32.1. The first-order valence-electron chi connectivity index (χ1n) is 13.5. The van der Waals surface area contributed by atoms with Crippen LogP contribution in [0.5, 0.6) is 0 Å². The average Bonchev–Trinajstić information content (AvgIpc) is 3.79. The van der Waals surface area contributed by atoms with Crippen LogP contribution >= 0.6 is 22.7 Å². The molecule has 7 aromatic rings. The molecule has 41 heavy (non-hydrogen) atoms. The van der Waals surface area contributed by atoms with E-state index in [1.54, 1.807) is 22.7 Å². The molecule has 6 heteroatoms. The Morgan fingerprint density at radius 1 is 0.561 bits per heavy atom. The third-order valence-corrected chi connectivity index (χ3v) is 9.71. The van der Waals surface area contributed by atoms with Gasteiger partial charge in [-0.05, 0) is 69.4 Å². The molecule has 0 aliphatic heterocycles. The maximum Gasteiger partial charge on any atom is 0.0825 e. The summed E-state index contributed by atoms with van der Waals surface area (Å²) in [6, 6.07) is 30.5. The van der Waals surface area contributed by atoms with Gasteiger partial charge in [0, 0.05) is 28.9 Å². The number of aromatic nitrogens is 4. The van der Waals surface area contributed by atoms with Crippen molar-refractivity contribution in [2.24, 2.45) is 0 Å². The lowest BCUT2D eigenvalue weighted by atomic mass is 9.80. The minimum atomic E-state index is -0.190. The van der Waals surface area contributed by atoms with Crippen LogP contribution in [0.4, 0.5) is 0 Å². The van der Waals surface area contributed by atoms with Crippen molar-refractivity contribution in [3.63, 3.8) is 0 Å². The van der Waals surface area contributed by atoms with Crippen molar-refractivity contribution in [3.05, 3.63) is 119 Å². The van der Waals surface area contributed by atoms with Crippen LogP contribution in [0.1, 0.15) is 25.0 Å². The molecule has 0 atom stereocenters. The van der Waals surface area contributed by atoms with Gasteiger partial charge in [0.05, 0.1) is 43.6 Å². The summed E-state index contributed by atoms with van der Waals surface area (Å²) in [6.45, 7) is 4.67. The fourth-order valence-electron chi connectivity index (χ4n) is 6.09. The van der Waals surface area contributed by atoms with Crippen LogP contribution in [-0.4, -0.2) is 19.9 Å².